The van der Waals surface area contributed by atoms with Crippen LogP contribution >= 0.6 is 0 Å². The lowest BCUT2D eigenvalue weighted by atomic mass is 9.76. The fraction of sp³-hybridized carbons (Fsp3) is 0.588. The summed E-state index contributed by atoms with van der Waals surface area (Å²) < 4.78 is 5.31. The minimum absolute atomic E-state index is 0.491. The number of hydrogen-bond acceptors (Lipinski definition) is 3. The maximum absolute atomic E-state index is 9.83. The van der Waals surface area contributed by atoms with E-state index in [1.54, 1.807) is 7.11 Å². The van der Waals surface area contributed by atoms with Crippen LogP contribution in [0.5, 0.6) is 5.75 Å². The van der Waals surface area contributed by atoms with Gasteiger partial charge in [-0.25, -0.2) is 0 Å². The molecule has 1 N–H and O–H groups in total. The molecule has 2 aliphatic rings. The maximum Gasteiger partial charge on any atom is 0.132 e. The van der Waals surface area contributed by atoms with Crippen LogP contribution in [0.25, 0.3) is 0 Å². The third-order valence-corrected chi connectivity index (χ3v) is 4.77. The Morgan fingerprint density at radius 3 is 2.80 bits per heavy atom. The van der Waals surface area contributed by atoms with E-state index in [-0.39, 0.29) is 0 Å². The van der Waals surface area contributed by atoms with Crippen LogP contribution < -0.4 is 10.1 Å². The van der Waals surface area contributed by atoms with E-state index in [9.17, 15) is 5.26 Å². The Morgan fingerprint density at radius 2 is 2.10 bits per heavy atom. The third kappa shape index (κ3) is 2.29. The Hall–Kier alpha value is -1.53. The van der Waals surface area contributed by atoms with Crippen LogP contribution in [0.3, 0.4) is 0 Å². The molecule has 1 fully saturated rings. The van der Waals surface area contributed by atoms with Gasteiger partial charge in [0, 0.05) is 6.04 Å². The highest BCUT2D eigenvalue weighted by Gasteiger charge is 2.39. The quantitative estimate of drug-likeness (QED) is 0.916. The summed E-state index contributed by atoms with van der Waals surface area (Å²) in [6.07, 6.45) is 8.00. The predicted molar refractivity (Wildman–Crippen MR) is 78.6 cm³/mol. The van der Waals surface area contributed by atoms with Crippen LogP contribution in [0, 0.1) is 11.3 Å². The second-order valence-corrected chi connectivity index (χ2v) is 6.02. The van der Waals surface area contributed by atoms with Crippen molar-refractivity contribution in [3.05, 3.63) is 29.3 Å². The lowest BCUT2D eigenvalue weighted by Gasteiger charge is -2.36. The highest BCUT2D eigenvalue weighted by atomic mass is 16.5. The number of nitriles is 1. The smallest absolute Gasteiger partial charge is 0.132 e. The minimum atomic E-state index is -0.491. The molecule has 0 aromatic heterocycles. The van der Waals surface area contributed by atoms with Gasteiger partial charge in [-0.2, -0.15) is 5.26 Å². The van der Waals surface area contributed by atoms with E-state index in [2.05, 4.69) is 23.5 Å². The van der Waals surface area contributed by atoms with Gasteiger partial charge in [0.2, 0.25) is 0 Å². The molecule has 0 bridgehead atoms. The molecular formula is C17H22N2O. The Morgan fingerprint density at radius 1 is 1.30 bits per heavy atom. The molecule has 3 heteroatoms. The fourth-order valence-electron chi connectivity index (χ4n) is 3.72. The maximum atomic E-state index is 9.83. The van der Waals surface area contributed by atoms with Gasteiger partial charge in [0.15, 0.2) is 0 Å². The molecule has 2 aliphatic carbocycles. The minimum Gasteiger partial charge on any atom is -0.497 e. The van der Waals surface area contributed by atoms with Crippen molar-refractivity contribution < 1.29 is 4.74 Å². The molecule has 0 radical (unpaired) electrons. The van der Waals surface area contributed by atoms with Crippen LogP contribution in [-0.2, 0) is 12.0 Å². The summed E-state index contributed by atoms with van der Waals surface area (Å²) in [4.78, 5) is 0. The summed E-state index contributed by atoms with van der Waals surface area (Å²) in [6.45, 7) is 0. The Balaban J connectivity index is 1.95. The third-order valence-electron chi connectivity index (χ3n) is 4.77. The normalized spacial score (nSPS) is 26.0. The van der Waals surface area contributed by atoms with Crippen molar-refractivity contribution in [2.75, 3.05) is 7.11 Å². The Kier molecular flexibility index (Phi) is 3.67. The van der Waals surface area contributed by atoms with Crippen molar-refractivity contribution in [2.45, 2.75) is 56.5 Å². The van der Waals surface area contributed by atoms with E-state index < -0.39 is 5.54 Å². The molecule has 0 heterocycles. The first-order valence-corrected chi connectivity index (χ1v) is 7.64. The molecular weight excluding hydrogens is 248 g/mol. The lowest BCUT2D eigenvalue weighted by molar-refractivity contribution is 0.319. The first-order chi connectivity index (χ1) is 9.77. The molecule has 3 rings (SSSR count). The van der Waals surface area contributed by atoms with E-state index in [4.69, 9.17) is 4.74 Å². The number of hydrogen-bond donors (Lipinski definition) is 1. The molecule has 1 aromatic carbocycles. The second-order valence-electron chi connectivity index (χ2n) is 6.02. The van der Waals surface area contributed by atoms with Crippen LogP contribution in [0.2, 0.25) is 0 Å². The van der Waals surface area contributed by atoms with Gasteiger partial charge in [-0.3, -0.25) is 5.32 Å². The highest BCUT2D eigenvalue weighted by molar-refractivity contribution is 5.45. The van der Waals surface area contributed by atoms with Gasteiger partial charge in [0.1, 0.15) is 11.3 Å². The number of fused-ring (bicyclic) bond motifs is 1. The van der Waals surface area contributed by atoms with Crippen molar-refractivity contribution >= 4 is 0 Å². The average molecular weight is 270 g/mol. The highest BCUT2D eigenvalue weighted by Crippen LogP contribution is 2.38. The van der Waals surface area contributed by atoms with E-state index >= 15 is 0 Å². The molecule has 106 valence electrons. The standard InChI is InChI=1S/C17H22N2O/c1-20-15-8-9-16-13(11-15)5-4-10-17(16,12-18)19-14-6-2-3-7-14/h8-9,11,14,19H,2-7,10H2,1H3. The summed E-state index contributed by atoms with van der Waals surface area (Å²) in [5.41, 5.74) is 1.94. The van der Waals surface area contributed by atoms with Crippen molar-refractivity contribution in [1.82, 2.24) is 5.32 Å². The monoisotopic (exact) mass is 270 g/mol. The number of rotatable bonds is 3. The molecule has 0 amide bonds. The SMILES string of the molecule is COc1ccc2c(c1)CCCC2(C#N)NC1CCCC1. The largest absolute Gasteiger partial charge is 0.497 e. The molecule has 3 nitrogen and oxygen atoms in total. The van der Waals surface area contributed by atoms with E-state index in [0.29, 0.717) is 6.04 Å². The average Bonchev–Trinajstić information content (AvgIpc) is 2.99. The Bertz CT molecular complexity index is 528. The van der Waals surface area contributed by atoms with Crippen LogP contribution in [0.15, 0.2) is 18.2 Å². The van der Waals surface area contributed by atoms with Crippen LogP contribution in [0.1, 0.15) is 49.7 Å². The lowest BCUT2D eigenvalue weighted by Crippen LogP contribution is -2.48. The van der Waals surface area contributed by atoms with Crippen molar-refractivity contribution in [2.24, 2.45) is 0 Å². The summed E-state index contributed by atoms with van der Waals surface area (Å²) in [5, 5.41) is 13.5. The van der Waals surface area contributed by atoms with Gasteiger partial charge in [-0.1, -0.05) is 18.9 Å². The van der Waals surface area contributed by atoms with Crippen molar-refractivity contribution in [3.8, 4) is 11.8 Å². The zero-order chi connectivity index (χ0) is 14.0. The van der Waals surface area contributed by atoms with Crippen LogP contribution in [0.4, 0.5) is 0 Å². The molecule has 0 saturated heterocycles. The number of benzene rings is 1. The first-order valence-electron chi connectivity index (χ1n) is 7.64. The zero-order valence-corrected chi connectivity index (χ0v) is 12.1. The Labute approximate surface area is 120 Å². The number of nitrogens with zero attached hydrogens (tertiary/aromatic N) is 1. The molecule has 20 heavy (non-hydrogen) atoms. The predicted octanol–water partition coefficient (Wildman–Crippen LogP) is 3.28. The summed E-state index contributed by atoms with van der Waals surface area (Å²) in [6, 6.07) is 9.24. The summed E-state index contributed by atoms with van der Waals surface area (Å²) in [7, 11) is 1.69. The van der Waals surface area contributed by atoms with E-state index in [0.717, 1.165) is 25.0 Å². The van der Waals surface area contributed by atoms with Gasteiger partial charge in [-0.05, 0) is 55.4 Å². The van der Waals surface area contributed by atoms with E-state index in [1.807, 2.05) is 6.07 Å². The number of nitrogens with one attached hydrogen (secondary N) is 1. The van der Waals surface area contributed by atoms with Gasteiger partial charge in [-0.15, -0.1) is 0 Å². The molecule has 1 atom stereocenters. The molecule has 0 aliphatic heterocycles. The van der Waals surface area contributed by atoms with Gasteiger partial charge >= 0.3 is 0 Å². The van der Waals surface area contributed by atoms with Gasteiger partial charge in [0.05, 0.1) is 13.2 Å². The first kappa shape index (κ1) is 13.5. The second kappa shape index (κ2) is 5.46. The summed E-state index contributed by atoms with van der Waals surface area (Å²) >= 11 is 0. The van der Waals surface area contributed by atoms with Gasteiger partial charge in [0.25, 0.3) is 0 Å². The van der Waals surface area contributed by atoms with E-state index in [1.165, 1.54) is 36.8 Å². The number of aryl methyl sites for hydroxylation is 1. The molecule has 1 saturated carbocycles. The topological polar surface area (TPSA) is 45.0 Å². The van der Waals surface area contributed by atoms with Crippen LogP contribution in [-0.4, -0.2) is 13.2 Å². The van der Waals surface area contributed by atoms with Crippen molar-refractivity contribution in [3.63, 3.8) is 0 Å². The number of methoxy groups -OCH3 is 1. The molecule has 0 spiro atoms. The zero-order valence-electron chi connectivity index (χ0n) is 12.1. The number of ether oxygens (including phenoxy) is 1. The molecule has 1 unspecified atom stereocenters. The molecule has 1 aromatic rings. The van der Waals surface area contributed by atoms with Gasteiger partial charge < -0.3 is 4.74 Å². The summed E-state index contributed by atoms with van der Waals surface area (Å²) in [5.74, 6) is 0.887. The van der Waals surface area contributed by atoms with Crippen molar-refractivity contribution in [1.29, 1.82) is 5.26 Å². The fourth-order valence-corrected chi connectivity index (χ4v) is 3.72.